The van der Waals surface area contributed by atoms with Crippen LogP contribution in [0.25, 0.3) is 0 Å². The Kier molecular flexibility index (Phi) is 3.95. The summed E-state index contributed by atoms with van der Waals surface area (Å²) in [4.78, 5) is 4.28. The molecule has 0 unspecified atom stereocenters. The fourth-order valence-corrected chi connectivity index (χ4v) is 2.66. The Hall–Kier alpha value is -0.410. The van der Waals surface area contributed by atoms with Crippen molar-refractivity contribution >= 4 is 11.3 Å². The highest BCUT2D eigenvalue weighted by atomic mass is 32.1. The Bertz CT molecular complexity index is 240. The maximum atomic E-state index is 4.28. The fraction of sp³-hybridized carbons (Fsp3) is 0.727. The molecule has 1 fully saturated rings. The van der Waals surface area contributed by atoms with Gasteiger partial charge in [0.2, 0.25) is 0 Å². The SMILES string of the molecule is c1nc(CCNC2CCCCC2)cs1. The van der Waals surface area contributed by atoms with E-state index in [9.17, 15) is 0 Å². The van der Waals surface area contributed by atoms with Crippen molar-refractivity contribution in [2.45, 2.75) is 44.6 Å². The minimum atomic E-state index is 0.780. The van der Waals surface area contributed by atoms with Gasteiger partial charge in [-0.25, -0.2) is 4.98 Å². The molecule has 1 aromatic rings. The van der Waals surface area contributed by atoms with E-state index in [-0.39, 0.29) is 0 Å². The second-order valence-electron chi connectivity index (χ2n) is 4.02. The summed E-state index contributed by atoms with van der Waals surface area (Å²) in [5, 5.41) is 5.77. The van der Waals surface area contributed by atoms with Gasteiger partial charge in [0, 0.05) is 24.4 Å². The van der Waals surface area contributed by atoms with Gasteiger partial charge in [-0.3, -0.25) is 0 Å². The van der Waals surface area contributed by atoms with Gasteiger partial charge in [-0.2, -0.15) is 0 Å². The Morgan fingerprint density at radius 1 is 1.36 bits per heavy atom. The van der Waals surface area contributed by atoms with Crippen LogP contribution in [0.3, 0.4) is 0 Å². The zero-order chi connectivity index (χ0) is 9.64. The lowest BCUT2D eigenvalue weighted by Gasteiger charge is -2.22. The summed E-state index contributed by atoms with van der Waals surface area (Å²) >= 11 is 1.69. The van der Waals surface area contributed by atoms with E-state index in [4.69, 9.17) is 0 Å². The standard InChI is InChI=1S/C11H18N2S/c1-2-4-10(5-3-1)12-7-6-11-8-14-9-13-11/h8-10,12H,1-7H2. The van der Waals surface area contributed by atoms with Crippen LogP contribution in [0.1, 0.15) is 37.8 Å². The van der Waals surface area contributed by atoms with E-state index in [2.05, 4.69) is 15.7 Å². The molecule has 2 nitrogen and oxygen atoms in total. The Morgan fingerprint density at radius 2 is 2.21 bits per heavy atom. The zero-order valence-electron chi connectivity index (χ0n) is 8.54. The Balaban J connectivity index is 1.62. The molecule has 0 radical (unpaired) electrons. The van der Waals surface area contributed by atoms with Crippen LogP contribution in [0.5, 0.6) is 0 Å². The maximum absolute atomic E-state index is 4.28. The second-order valence-corrected chi connectivity index (χ2v) is 4.74. The van der Waals surface area contributed by atoms with Crippen LogP contribution in [0.15, 0.2) is 10.9 Å². The quantitative estimate of drug-likeness (QED) is 0.826. The molecule has 1 aliphatic carbocycles. The predicted octanol–water partition coefficient (Wildman–Crippen LogP) is 2.61. The largest absolute Gasteiger partial charge is 0.314 e. The molecular formula is C11H18N2S. The molecule has 0 amide bonds. The number of thiazole rings is 1. The van der Waals surface area contributed by atoms with Crippen LogP contribution in [0, 0.1) is 0 Å². The monoisotopic (exact) mass is 210 g/mol. The second kappa shape index (κ2) is 5.47. The first-order valence-corrected chi connectivity index (χ1v) is 6.50. The van der Waals surface area contributed by atoms with Gasteiger partial charge < -0.3 is 5.32 Å². The summed E-state index contributed by atoms with van der Waals surface area (Å²) < 4.78 is 0. The number of nitrogens with zero attached hydrogens (tertiary/aromatic N) is 1. The minimum Gasteiger partial charge on any atom is -0.314 e. The summed E-state index contributed by atoms with van der Waals surface area (Å²) in [6, 6.07) is 0.780. The van der Waals surface area contributed by atoms with Gasteiger partial charge >= 0.3 is 0 Å². The average molecular weight is 210 g/mol. The molecule has 1 aliphatic rings. The van der Waals surface area contributed by atoms with Crippen LogP contribution in [0.2, 0.25) is 0 Å². The Labute approximate surface area is 89.8 Å². The lowest BCUT2D eigenvalue weighted by molar-refractivity contribution is 0.375. The molecule has 3 heteroatoms. The summed E-state index contributed by atoms with van der Waals surface area (Å²) in [6.07, 6.45) is 8.08. The molecule has 0 aliphatic heterocycles. The summed E-state index contributed by atoms with van der Waals surface area (Å²) in [5.74, 6) is 0. The van der Waals surface area contributed by atoms with Crippen LogP contribution in [0.4, 0.5) is 0 Å². The van der Waals surface area contributed by atoms with E-state index in [1.165, 1.54) is 37.8 Å². The molecule has 0 bridgehead atoms. The van der Waals surface area contributed by atoms with Gasteiger partial charge in [-0.05, 0) is 12.8 Å². The minimum absolute atomic E-state index is 0.780. The van der Waals surface area contributed by atoms with E-state index in [1.807, 2.05) is 5.51 Å². The van der Waals surface area contributed by atoms with Crippen LogP contribution in [-0.4, -0.2) is 17.6 Å². The first-order valence-electron chi connectivity index (χ1n) is 5.55. The highest BCUT2D eigenvalue weighted by Crippen LogP contribution is 2.17. The van der Waals surface area contributed by atoms with Crippen LogP contribution in [-0.2, 0) is 6.42 Å². The van der Waals surface area contributed by atoms with Crippen molar-refractivity contribution in [3.8, 4) is 0 Å². The molecule has 1 heterocycles. The molecule has 1 saturated carbocycles. The molecule has 0 saturated heterocycles. The predicted molar refractivity (Wildman–Crippen MR) is 60.7 cm³/mol. The summed E-state index contributed by atoms with van der Waals surface area (Å²) in [6.45, 7) is 1.09. The van der Waals surface area contributed by atoms with Crippen LogP contribution >= 0.6 is 11.3 Å². The maximum Gasteiger partial charge on any atom is 0.0794 e. The number of nitrogens with one attached hydrogen (secondary N) is 1. The van der Waals surface area contributed by atoms with Gasteiger partial charge in [0.25, 0.3) is 0 Å². The molecule has 1 N–H and O–H groups in total. The smallest absolute Gasteiger partial charge is 0.0794 e. The van der Waals surface area contributed by atoms with Crippen molar-refractivity contribution in [2.24, 2.45) is 0 Å². The third-order valence-corrected chi connectivity index (χ3v) is 3.54. The number of rotatable bonds is 4. The van der Waals surface area contributed by atoms with E-state index in [0.717, 1.165) is 19.0 Å². The van der Waals surface area contributed by atoms with E-state index >= 15 is 0 Å². The van der Waals surface area contributed by atoms with Gasteiger partial charge in [0.1, 0.15) is 0 Å². The molecule has 78 valence electrons. The fourth-order valence-electron chi connectivity index (χ4n) is 2.07. The van der Waals surface area contributed by atoms with Gasteiger partial charge in [0.15, 0.2) is 0 Å². The lowest BCUT2D eigenvalue weighted by atomic mass is 9.95. The van der Waals surface area contributed by atoms with Crippen molar-refractivity contribution in [1.82, 2.24) is 10.3 Å². The van der Waals surface area contributed by atoms with E-state index in [0.29, 0.717) is 0 Å². The molecule has 14 heavy (non-hydrogen) atoms. The summed E-state index contributed by atoms with van der Waals surface area (Å²) in [7, 11) is 0. The molecule has 0 spiro atoms. The lowest BCUT2D eigenvalue weighted by Crippen LogP contribution is -2.32. The van der Waals surface area contributed by atoms with Crippen LogP contribution < -0.4 is 5.32 Å². The number of hydrogen-bond acceptors (Lipinski definition) is 3. The number of aromatic nitrogens is 1. The highest BCUT2D eigenvalue weighted by Gasteiger charge is 2.11. The first-order chi connectivity index (χ1) is 6.95. The third kappa shape index (κ3) is 3.07. The summed E-state index contributed by atoms with van der Waals surface area (Å²) in [5.41, 5.74) is 3.15. The molecular weight excluding hydrogens is 192 g/mol. The Morgan fingerprint density at radius 3 is 2.93 bits per heavy atom. The molecule has 0 atom stereocenters. The van der Waals surface area contributed by atoms with Crippen molar-refractivity contribution < 1.29 is 0 Å². The van der Waals surface area contributed by atoms with E-state index < -0.39 is 0 Å². The van der Waals surface area contributed by atoms with Gasteiger partial charge in [-0.1, -0.05) is 19.3 Å². The number of hydrogen-bond donors (Lipinski definition) is 1. The third-order valence-electron chi connectivity index (χ3n) is 2.90. The zero-order valence-corrected chi connectivity index (χ0v) is 9.35. The van der Waals surface area contributed by atoms with E-state index in [1.54, 1.807) is 11.3 Å². The van der Waals surface area contributed by atoms with Gasteiger partial charge in [-0.15, -0.1) is 11.3 Å². The molecule has 0 aromatic carbocycles. The average Bonchev–Trinajstić information content (AvgIpc) is 2.72. The topological polar surface area (TPSA) is 24.9 Å². The van der Waals surface area contributed by atoms with Gasteiger partial charge in [0.05, 0.1) is 11.2 Å². The van der Waals surface area contributed by atoms with Crippen molar-refractivity contribution in [2.75, 3.05) is 6.54 Å². The molecule has 2 rings (SSSR count). The van der Waals surface area contributed by atoms with Crippen molar-refractivity contribution in [3.63, 3.8) is 0 Å². The molecule has 1 aromatic heterocycles. The first kappa shape index (κ1) is 10.1. The highest BCUT2D eigenvalue weighted by molar-refractivity contribution is 7.07. The normalized spacial score (nSPS) is 18.6. The van der Waals surface area contributed by atoms with Crippen molar-refractivity contribution in [3.05, 3.63) is 16.6 Å². The van der Waals surface area contributed by atoms with Crippen molar-refractivity contribution in [1.29, 1.82) is 0 Å².